The van der Waals surface area contributed by atoms with E-state index in [0.29, 0.717) is 16.7 Å². The summed E-state index contributed by atoms with van der Waals surface area (Å²) in [5.74, 6) is 0.470. The molecule has 0 spiro atoms. The van der Waals surface area contributed by atoms with Crippen LogP contribution in [0.3, 0.4) is 0 Å². The number of rotatable bonds is 6. The summed E-state index contributed by atoms with van der Waals surface area (Å²) in [6.07, 6.45) is 2.35. The van der Waals surface area contributed by atoms with Gasteiger partial charge in [0.25, 0.3) is 5.91 Å². The maximum Gasteiger partial charge on any atom is 0.273 e. The summed E-state index contributed by atoms with van der Waals surface area (Å²) in [6.45, 7) is 4.65. The van der Waals surface area contributed by atoms with Gasteiger partial charge in [0.15, 0.2) is 5.13 Å². The van der Waals surface area contributed by atoms with Gasteiger partial charge in [-0.25, -0.2) is 4.98 Å². The molecule has 6 nitrogen and oxygen atoms in total. The highest BCUT2D eigenvalue weighted by Crippen LogP contribution is 2.19. The molecule has 2 heterocycles. The van der Waals surface area contributed by atoms with Crippen LogP contribution in [-0.2, 0) is 4.74 Å². The fourth-order valence-corrected chi connectivity index (χ4v) is 3.31. The lowest BCUT2D eigenvalue weighted by Crippen LogP contribution is -2.42. The number of nitrogen functional groups attached to an aromatic ring is 1. The molecule has 0 saturated carbocycles. The lowest BCUT2D eigenvalue weighted by molar-refractivity contribution is 0.0698. The molecule has 21 heavy (non-hydrogen) atoms. The molecule has 0 aromatic carbocycles. The lowest BCUT2D eigenvalue weighted by atomic mass is 9.97. The highest BCUT2D eigenvalue weighted by Gasteiger charge is 2.23. The predicted octanol–water partition coefficient (Wildman–Crippen LogP) is 1.16. The molecule has 2 N–H and O–H groups in total. The molecule has 1 saturated heterocycles. The van der Waals surface area contributed by atoms with Crippen LogP contribution in [0, 0.1) is 5.92 Å². The quantitative estimate of drug-likeness (QED) is 0.853. The zero-order valence-corrected chi connectivity index (χ0v) is 13.6. The number of carbonyl (C=O) groups is 1. The van der Waals surface area contributed by atoms with Gasteiger partial charge >= 0.3 is 0 Å². The Bertz CT molecular complexity index is 466. The minimum atomic E-state index is -0.0445. The first-order chi connectivity index (χ1) is 10.1. The average molecular weight is 312 g/mol. The molecule has 0 unspecified atom stereocenters. The highest BCUT2D eigenvalue weighted by molar-refractivity contribution is 7.13. The van der Waals surface area contributed by atoms with Gasteiger partial charge in [-0.05, 0) is 25.3 Å². The van der Waals surface area contributed by atoms with Gasteiger partial charge in [0.1, 0.15) is 5.69 Å². The first-order valence-electron chi connectivity index (χ1n) is 7.28. The van der Waals surface area contributed by atoms with Crippen LogP contribution in [0.4, 0.5) is 5.13 Å². The van der Waals surface area contributed by atoms with E-state index >= 15 is 0 Å². The number of piperidine rings is 1. The zero-order valence-electron chi connectivity index (χ0n) is 12.7. The number of hydrogen-bond acceptors (Lipinski definition) is 6. The van der Waals surface area contributed by atoms with Crippen molar-refractivity contribution in [1.29, 1.82) is 0 Å². The molecule has 1 aromatic heterocycles. The van der Waals surface area contributed by atoms with Crippen LogP contribution in [0.5, 0.6) is 0 Å². The van der Waals surface area contributed by atoms with Crippen LogP contribution in [0.1, 0.15) is 23.3 Å². The first-order valence-corrected chi connectivity index (χ1v) is 8.16. The van der Waals surface area contributed by atoms with E-state index in [1.807, 2.05) is 7.05 Å². The number of thiazole rings is 1. The summed E-state index contributed by atoms with van der Waals surface area (Å²) in [5, 5.41) is 2.16. The minimum Gasteiger partial charge on any atom is -0.383 e. The summed E-state index contributed by atoms with van der Waals surface area (Å²) < 4.78 is 5.13. The Balaban J connectivity index is 1.84. The normalized spacial score (nSPS) is 19.6. The molecular formula is C14H24N4O2S. The SMILES string of the molecule is COCCN1CCC[C@@H](CN(C)C(=O)c2csc(N)n2)C1. The third kappa shape index (κ3) is 4.66. The standard InChI is InChI=1S/C14H24N4O2S/c1-17(13(19)12-10-21-14(15)16-12)8-11-4-3-5-18(9-11)6-7-20-2/h10-11H,3-9H2,1-2H3,(H2,15,16)/t11-/m0/s1. The van der Waals surface area contributed by atoms with Crippen molar-refractivity contribution in [3.63, 3.8) is 0 Å². The van der Waals surface area contributed by atoms with E-state index in [4.69, 9.17) is 10.5 Å². The Morgan fingerprint density at radius 3 is 3.14 bits per heavy atom. The molecule has 1 amide bonds. The van der Waals surface area contributed by atoms with E-state index in [1.54, 1.807) is 17.4 Å². The third-order valence-corrected chi connectivity index (χ3v) is 4.51. The van der Waals surface area contributed by atoms with Crippen LogP contribution < -0.4 is 5.73 Å². The van der Waals surface area contributed by atoms with Crippen molar-refractivity contribution in [3.8, 4) is 0 Å². The van der Waals surface area contributed by atoms with Gasteiger partial charge in [-0.1, -0.05) is 0 Å². The number of nitrogens with two attached hydrogens (primary N) is 1. The summed E-state index contributed by atoms with van der Waals surface area (Å²) in [7, 11) is 3.57. The Morgan fingerprint density at radius 1 is 1.67 bits per heavy atom. The number of anilines is 1. The molecule has 1 fully saturated rings. The molecule has 0 bridgehead atoms. The van der Waals surface area contributed by atoms with Gasteiger partial charge in [-0.3, -0.25) is 4.79 Å². The molecule has 118 valence electrons. The molecule has 1 aliphatic heterocycles. The third-order valence-electron chi connectivity index (χ3n) is 3.83. The predicted molar refractivity (Wildman–Crippen MR) is 84.5 cm³/mol. The van der Waals surface area contributed by atoms with Gasteiger partial charge in [-0.15, -0.1) is 11.3 Å². The Labute approximate surface area is 129 Å². The number of hydrogen-bond donors (Lipinski definition) is 1. The van der Waals surface area contributed by atoms with Crippen molar-refractivity contribution < 1.29 is 9.53 Å². The Kier molecular flexibility index (Phi) is 5.96. The number of methoxy groups -OCH3 is 1. The second-order valence-corrected chi connectivity index (χ2v) is 6.45. The molecular weight excluding hydrogens is 288 g/mol. The topological polar surface area (TPSA) is 71.7 Å². The van der Waals surface area contributed by atoms with Crippen LogP contribution in [0.2, 0.25) is 0 Å². The second kappa shape index (κ2) is 7.72. The van der Waals surface area contributed by atoms with Crippen molar-refractivity contribution in [3.05, 3.63) is 11.1 Å². The van der Waals surface area contributed by atoms with Crippen molar-refractivity contribution in [2.75, 3.05) is 52.7 Å². The van der Waals surface area contributed by atoms with Crippen molar-refractivity contribution in [1.82, 2.24) is 14.8 Å². The average Bonchev–Trinajstić information content (AvgIpc) is 2.91. The number of ether oxygens (including phenoxy) is 1. The number of nitrogens with zero attached hydrogens (tertiary/aromatic N) is 3. The van der Waals surface area contributed by atoms with Gasteiger partial charge in [0.2, 0.25) is 0 Å². The molecule has 7 heteroatoms. The molecule has 1 aromatic rings. The zero-order chi connectivity index (χ0) is 15.2. The largest absolute Gasteiger partial charge is 0.383 e. The maximum absolute atomic E-state index is 12.3. The lowest BCUT2D eigenvalue weighted by Gasteiger charge is -2.34. The molecule has 0 radical (unpaired) electrons. The smallest absolute Gasteiger partial charge is 0.273 e. The summed E-state index contributed by atoms with van der Waals surface area (Å²) in [6, 6.07) is 0. The maximum atomic E-state index is 12.3. The van der Waals surface area contributed by atoms with Crippen LogP contribution in [0.25, 0.3) is 0 Å². The van der Waals surface area contributed by atoms with Gasteiger partial charge in [0.05, 0.1) is 6.61 Å². The van der Waals surface area contributed by atoms with E-state index in [-0.39, 0.29) is 5.91 Å². The summed E-state index contributed by atoms with van der Waals surface area (Å²) >= 11 is 1.30. The van der Waals surface area contributed by atoms with Gasteiger partial charge in [-0.2, -0.15) is 0 Å². The minimum absolute atomic E-state index is 0.0445. The first kappa shape index (κ1) is 16.2. The summed E-state index contributed by atoms with van der Waals surface area (Å²) in [5.41, 5.74) is 6.03. The fourth-order valence-electron chi connectivity index (χ4n) is 2.78. The van der Waals surface area contributed by atoms with E-state index in [1.165, 1.54) is 24.2 Å². The number of aromatic nitrogens is 1. The molecule has 1 atom stereocenters. The monoisotopic (exact) mass is 312 g/mol. The van der Waals surface area contributed by atoms with E-state index in [0.717, 1.165) is 32.8 Å². The van der Waals surface area contributed by atoms with E-state index in [9.17, 15) is 4.79 Å². The Hall–Kier alpha value is -1.18. The van der Waals surface area contributed by atoms with E-state index in [2.05, 4.69) is 9.88 Å². The van der Waals surface area contributed by atoms with E-state index < -0.39 is 0 Å². The van der Waals surface area contributed by atoms with Crippen LogP contribution in [0.15, 0.2) is 5.38 Å². The molecule has 1 aliphatic rings. The fraction of sp³-hybridized carbons (Fsp3) is 0.714. The van der Waals surface area contributed by atoms with Gasteiger partial charge < -0.3 is 20.3 Å². The van der Waals surface area contributed by atoms with Crippen molar-refractivity contribution >= 4 is 22.4 Å². The summed E-state index contributed by atoms with van der Waals surface area (Å²) in [4.78, 5) is 20.5. The number of likely N-dealkylation sites (tertiary alicyclic amines) is 1. The molecule has 2 rings (SSSR count). The van der Waals surface area contributed by atoms with Gasteiger partial charge in [0, 0.05) is 39.2 Å². The van der Waals surface area contributed by atoms with Crippen molar-refractivity contribution in [2.24, 2.45) is 5.92 Å². The second-order valence-electron chi connectivity index (χ2n) is 5.56. The molecule has 0 aliphatic carbocycles. The number of carbonyl (C=O) groups excluding carboxylic acids is 1. The van der Waals surface area contributed by atoms with Crippen LogP contribution >= 0.6 is 11.3 Å². The Morgan fingerprint density at radius 2 is 2.48 bits per heavy atom. The number of amides is 1. The highest BCUT2D eigenvalue weighted by atomic mass is 32.1. The van der Waals surface area contributed by atoms with Crippen molar-refractivity contribution in [2.45, 2.75) is 12.8 Å². The van der Waals surface area contributed by atoms with Crippen LogP contribution in [-0.4, -0.2) is 67.6 Å².